The summed E-state index contributed by atoms with van der Waals surface area (Å²) in [6.45, 7) is 6.52. The first-order valence-electron chi connectivity index (χ1n) is 11.7. The van der Waals surface area contributed by atoms with E-state index in [1.54, 1.807) is 6.07 Å². The van der Waals surface area contributed by atoms with Gasteiger partial charge in [0.15, 0.2) is 11.5 Å². The molecule has 6 aliphatic rings. The Morgan fingerprint density at radius 1 is 1.30 bits per heavy atom. The second-order valence-corrected chi connectivity index (χ2v) is 11.1. The molecule has 8 unspecified atom stereocenters. The number of phenolic OH excluding ortho intramolecular Hbond substituents is 1. The molecule has 5 heteroatoms. The van der Waals surface area contributed by atoms with Crippen molar-refractivity contribution < 1.29 is 19.7 Å². The first kappa shape index (κ1) is 19.4. The average Bonchev–Trinajstić information content (AvgIpc) is 3.24. The van der Waals surface area contributed by atoms with Crippen LogP contribution in [0.25, 0.3) is 0 Å². The van der Waals surface area contributed by atoms with Gasteiger partial charge in [0.1, 0.15) is 11.7 Å². The molecule has 0 radical (unpaired) electrons. The number of rotatable bonds is 4. The van der Waals surface area contributed by atoms with Gasteiger partial charge < -0.3 is 19.7 Å². The van der Waals surface area contributed by atoms with Gasteiger partial charge in [0, 0.05) is 36.1 Å². The lowest BCUT2D eigenvalue weighted by Gasteiger charge is -2.72. The summed E-state index contributed by atoms with van der Waals surface area (Å²) in [4.78, 5) is 2.56. The molecule has 1 aromatic carbocycles. The third-order valence-corrected chi connectivity index (χ3v) is 10.4. The number of phenols is 1. The number of likely N-dealkylation sites (tertiary alicyclic amines) is 1. The molecule has 8 atom stereocenters. The average molecular weight is 414 g/mol. The van der Waals surface area contributed by atoms with Crippen LogP contribution < -0.4 is 4.74 Å². The molecule has 0 aromatic heterocycles. The quantitative estimate of drug-likeness (QED) is 0.784. The van der Waals surface area contributed by atoms with Gasteiger partial charge in [-0.1, -0.05) is 19.4 Å². The van der Waals surface area contributed by atoms with Crippen LogP contribution in [0.2, 0.25) is 0 Å². The van der Waals surface area contributed by atoms with Gasteiger partial charge >= 0.3 is 0 Å². The second-order valence-electron chi connectivity index (χ2n) is 11.1. The summed E-state index contributed by atoms with van der Waals surface area (Å²) >= 11 is 0. The van der Waals surface area contributed by atoms with Crippen LogP contribution in [0.15, 0.2) is 12.1 Å². The lowest BCUT2D eigenvalue weighted by Crippen LogP contribution is -2.80. The number of ether oxygens (including phenoxy) is 2. The van der Waals surface area contributed by atoms with E-state index in [1.807, 2.05) is 14.0 Å². The Kier molecular flexibility index (Phi) is 3.58. The second kappa shape index (κ2) is 5.54. The van der Waals surface area contributed by atoms with Gasteiger partial charge in [-0.15, -0.1) is 0 Å². The molecule has 0 amide bonds. The van der Waals surface area contributed by atoms with Crippen molar-refractivity contribution in [2.24, 2.45) is 11.3 Å². The van der Waals surface area contributed by atoms with E-state index in [2.05, 4.69) is 31.9 Å². The van der Waals surface area contributed by atoms with Crippen molar-refractivity contribution in [3.8, 4) is 11.5 Å². The fraction of sp³-hybridized carbons (Fsp3) is 0.760. The predicted octanol–water partition coefficient (Wildman–Crippen LogP) is 3.91. The molecular weight excluding hydrogens is 378 g/mol. The molecule has 2 spiro atoms. The number of hydrogen-bond donors (Lipinski definition) is 2. The lowest BCUT2D eigenvalue weighted by atomic mass is 9.36. The van der Waals surface area contributed by atoms with Crippen molar-refractivity contribution in [3.05, 3.63) is 23.3 Å². The summed E-state index contributed by atoms with van der Waals surface area (Å²) in [6, 6.07) is 4.65. The molecule has 1 aromatic rings. The summed E-state index contributed by atoms with van der Waals surface area (Å²) < 4.78 is 13.2. The lowest BCUT2D eigenvalue weighted by molar-refractivity contribution is -0.299. The molecule has 3 saturated carbocycles. The van der Waals surface area contributed by atoms with Crippen molar-refractivity contribution in [2.75, 3.05) is 14.2 Å². The molecule has 4 aliphatic carbocycles. The molecule has 1 saturated heterocycles. The third kappa shape index (κ3) is 1.74. The zero-order valence-electron chi connectivity index (χ0n) is 18.9. The van der Waals surface area contributed by atoms with Crippen molar-refractivity contribution in [1.82, 2.24) is 4.90 Å². The Balaban J connectivity index is 1.64. The summed E-state index contributed by atoms with van der Waals surface area (Å²) in [7, 11) is 4.07. The number of fused-ring (bicyclic) bond motifs is 4. The van der Waals surface area contributed by atoms with E-state index in [0.29, 0.717) is 17.8 Å². The Labute approximate surface area is 179 Å². The van der Waals surface area contributed by atoms with E-state index in [4.69, 9.17) is 9.47 Å². The van der Waals surface area contributed by atoms with Crippen molar-refractivity contribution in [3.63, 3.8) is 0 Å². The summed E-state index contributed by atoms with van der Waals surface area (Å²) in [6.07, 6.45) is 5.48. The van der Waals surface area contributed by atoms with Gasteiger partial charge in [0.25, 0.3) is 0 Å². The third-order valence-electron chi connectivity index (χ3n) is 10.4. The monoisotopic (exact) mass is 413 g/mol. The number of nitrogens with zero attached hydrogens (tertiary/aromatic N) is 1. The highest BCUT2D eigenvalue weighted by molar-refractivity contribution is 5.65. The number of benzene rings is 1. The molecule has 2 N–H and O–H groups in total. The van der Waals surface area contributed by atoms with Crippen molar-refractivity contribution in [1.29, 1.82) is 0 Å². The molecule has 164 valence electrons. The van der Waals surface area contributed by atoms with Gasteiger partial charge in [-0.2, -0.15) is 0 Å². The van der Waals surface area contributed by atoms with Crippen LogP contribution in [-0.4, -0.2) is 52.6 Å². The normalized spacial score (nSPS) is 47.1. The molecule has 30 heavy (non-hydrogen) atoms. The molecule has 2 heterocycles. The molecule has 4 fully saturated rings. The Morgan fingerprint density at radius 2 is 2.07 bits per heavy atom. The highest BCUT2D eigenvalue weighted by atomic mass is 16.6. The molecule has 7 rings (SSSR count). The fourth-order valence-electron chi connectivity index (χ4n) is 9.15. The summed E-state index contributed by atoms with van der Waals surface area (Å²) in [5.41, 5.74) is 1.11. The van der Waals surface area contributed by atoms with Gasteiger partial charge in [-0.05, 0) is 70.0 Å². The fourth-order valence-corrected chi connectivity index (χ4v) is 9.15. The van der Waals surface area contributed by atoms with Crippen molar-refractivity contribution >= 4 is 0 Å². The van der Waals surface area contributed by atoms with Gasteiger partial charge in [0.05, 0.1) is 5.60 Å². The maximum absolute atomic E-state index is 11.7. The molecule has 4 bridgehead atoms. The topological polar surface area (TPSA) is 62.2 Å². The van der Waals surface area contributed by atoms with Crippen LogP contribution >= 0.6 is 0 Å². The molecular formula is C25H35NO4. The van der Waals surface area contributed by atoms with Crippen LogP contribution in [-0.2, 0) is 10.2 Å². The minimum atomic E-state index is -0.809. The largest absolute Gasteiger partial charge is 0.504 e. The van der Waals surface area contributed by atoms with Crippen LogP contribution in [0.1, 0.15) is 76.5 Å². The Bertz CT molecular complexity index is 930. The van der Waals surface area contributed by atoms with Crippen molar-refractivity contribution in [2.45, 2.75) is 94.1 Å². The first-order chi connectivity index (χ1) is 14.2. The van der Waals surface area contributed by atoms with Gasteiger partial charge in [0.2, 0.25) is 0 Å². The maximum Gasteiger partial charge on any atom is 0.165 e. The van der Waals surface area contributed by atoms with E-state index in [0.717, 1.165) is 38.5 Å². The number of hydrogen-bond acceptors (Lipinski definition) is 5. The van der Waals surface area contributed by atoms with Gasteiger partial charge in [-0.3, -0.25) is 4.90 Å². The number of aliphatic hydroxyl groups is 1. The van der Waals surface area contributed by atoms with E-state index < -0.39 is 11.2 Å². The highest BCUT2D eigenvalue weighted by Crippen LogP contribution is 2.80. The van der Waals surface area contributed by atoms with E-state index in [-0.39, 0.29) is 28.6 Å². The summed E-state index contributed by atoms with van der Waals surface area (Å²) in [5.74, 6) is 0.941. The summed E-state index contributed by atoms with van der Waals surface area (Å²) in [5, 5.41) is 22.5. The first-order valence-corrected chi connectivity index (χ1v) is 11.7. The number of piperidine rings is 1. The number of methoxy groups -OCH3 is 1. The maximum atomic E-state index is 11.7. The Morgan fingerprint density at radius 3 is 2.77 bits per heavy atom. The minimum absolute atomic E-state index is 0.00669. The van der Waals surface area contributed by atoms with E-state index in [9.17, 15) is 10.2 Å². The molecule has 2 aliphatic heterocycles. The van der Waals surface area contributed by atoms with E-state index >= 15 is 0 Å². The standard InChI is InChI=1S/C25H35NO4/c1-6-9-22(3,28)18-13-23-10-11-25(18,29-5)21-24(23)12-16(26(4)14(23)2)15-7-8-17(27)20(30-21)19(15)24/h7-8,14,16,18,21,27-28H,6,9-13H2,1-5H3. The molecule has 5 nitrogen and oxygen atoms in total. The Hall–Kier alpha value is -1.30. The SMILES string of the molecule is CCCC(C)(O)C1CC23CCC1(OC)C1Oc4c(O)ccc5c4C12CC5N(C)C3C. The smallest absolute Gasteiger partial charge is 0.165 e. The highest BCUT2D eigenvalue weighted by Gasteiger charge is 2.82. The zero-order chi connectivity index (χ0) is 21.3. The van der Waals surface area contributed by atoms with Crippen LogP contribution in [0.5, 0.6) is 11.5 Å². The minimum Gasteiger partial charge on any atom is -0.504 e. The zero-order valence-corrected chi connectivity index (χ0v) is 18.9. The van der Waals surface area contributed by atoms with Gasteiger partial charge in [-0.25, -0.2) is 0 Å². The van der Waals surface area contributed by atoms with E-state index in [1.165, 1.54) is 11.1 Å². The predicted molar refractivity (Wildman–Crippen MR) is 114 cm³/mol. The van der Waals surface area contributed by atoms with Crippen LogP contribution in [0, 0.1) is 11.3 Å². The van der Waals surface area contributed by atoms with Crippen LogP contribution in [0.3, 0.4) is 0 Å². The van der Waals surface area contributed by atoms with Crippen LogP contribution in [0.4, 0.5) is 0 Å². The number of aromatic hydroxyl groups is 1.